The third-order valence-electron chi connectivity index (χ3n) is 6.07. The Hall–Kier alpha value is -3.85. The molecule has 7 nitrogen and oxygen atoms in total. The molecule has 1 aromatic heterocycles. The molecule has 0 radical (unpaired) electrons. The van der Waals surface area contributed by atoms with Crippen LogP contribution in [0.4, 0.5) is 5.69 Å². The van der Waals surface area contributed by atoms with Crippen molar-refractivity contribution in [1.82, 2.24) is 4.90 Å². The molecule has 1 aliphatic rings. The van der Waals surface area contributed by atoms with Crippen LogP contribution in [0.5, 0.6) is 0 Å². The fourth-order valence-electron chi connectivity index (χ4n) is 4.07. The summed E-state index contributed by atoms with van der Waals surface area (Å²) < 4.78 is 5.85. The van der Waals surface area contributed by atoms with Gasteiger partial charge in [0.1, 0.15) is 16.8 Å². The number of anilines is 1. The van der Waals surface area contributed by atoms with Crippen LogP contribution in [0.1, 0.15) is 17.7 Å². The highest BCUT2D eigenvalue weighted by Crippen LogP contribution is 2.31. The number of furan rings is 1. The molecule has 1 N–H and O–H groups in total. The van der Waals surface area contributed by atoms with Gasteiger partial charge in [0.25, 0.3) is 0 Å². The van der Waals surface area contributed by atoms with E-state index in [0.717, 1.165) is 11.1 Å². The minimum absolute atomic E-state index is 0.0220. The Balaban J connectivity index is 1.30. The summed E-state index contributed by atoms with van der Waals surface area (Å²) in [5.41, 5.74) is 2.56. The standard InChI is InChI=1S/C30H24Cl2N4O3S/c31-24-13-11-21(17-25(24)32)26-14-12-23(39-26)19-33-35-30-36(16-15-20-7-3-1-4-8-20)29(38)27(40-30)18-28(37)34-22-9-5-2-6-10-22/h1-14,17,19,27H,15-16,18H2,(H,34,37)/b33-19+,35-30-. The van der Waals surface area contributed by atoms with E-state index in [1.54, 1.807) is 41.3 Å². The zero-order valence-corrected chi connectivity index (χ0v) is 23.5. The normalized spacial score (nSPS) is 16.2. The molecule has 1 atom stereocenters. The van der Waals surface area contributed by atoms with Crippen molar-refractivity contribution < 1.29 is 14.0 Å². The van der Waals surface area contributed by atoms with Crippen molar-refractivity contribution in [2.45, 2.75) is 18.1 Å². The minimum atomic E-state index is -0.599. The molecule has 2 heterocycles. The summed E-state index contributed by atoms with van der Waals surface area (Å²) in [6.45, 7) is 0.420. The van der Waals surface area contributed by atoms with Gasteiger partial charge in [-0.05, 0) is 54.4 Å². The maximum Gasteiger partial charge on any atom is 0.242 e. The fraction of sp³-hybridized carbons (Fsp3) is 0.133. The van der Waals surface area contributed by atoms with Crippen LogP contribution in [0.2, 0.25) is 10.0 Å². The lowest BCUT2D eigenvalue weighted by Gasteiger charge is -2.15. The first kappa shape index (κ1) is 27.7. The highest BCUT2D eigenvalue weighted by atomic mass is 35.5. The number of halogens is 2. The predicted molar refractivity (Wildman–Crippen MR) is 162 cm³/mol. The van der Waals surface area contributed by atoms with Crippen molar-refractivity contribution in [2.75, 3.05) is 11.9 Å². The number of para-hydroxylation sites is 1. The van der Waals surface area contributed by atoms with Gasteiger partial charge in [-0.3, -0.25) is 14.5 Å². The quantitative estimate of drug-likeness (QED) is 0.165. The van der Waals surface area contributed by atoms with E-state index in [2.05, 4.69) is 15.5 Å². The molecule has 5 rings (SSSR count). The van der Waals surface area contributed by atoms with Gasteiger partial charge >= 0.3 is 0 Å². The summed E-state index contributed by atoms with van der Waals surface area (Å²) in [5, 5.41) is 12.1. The lowest BCUT2D eigenvalue weighted by atomic mass is 10.1. The first-order valence-electron chi connectivity index (χ1n) is 12.5. The predicted octanol–water partition coefficient (Wildman–Crippen LogP) is 7.16. The van der Waals surface area contributed by atoms with E-state index in [-0.39, 0.29) is 18.2 Å². The molecule has 0 spiro atoms. The number of carbonyl (C=O) groups excluding carboxylic acids is 2. The third kappa shape index (κ3) is 7.01. The molecule has 1 unspecified atom stereocenters. The number of hydrogen-bond acceptors (Lipinski definition) is 6. The maximum atomic E-state index is 13.3. The van der Waals surface area contributed by atoms with E-state index in [1.165, 1.54) is 18.0 Å². The highest BCUT2D eigenvalue weighted by Gasteiger charge is 2.39. The lowest BCUT2D eigenvalue weighted by Crippen LogP contribution is -2.35. The number of nitrogens with one attached hydrogen (secondary N) is 1. The second kappa shape index (κ2) is 13.0. The van der Waals surface area contributed by atoms with E-state index in [4.69, 9.17) is 27.6 Å². The number of rotatable bonds is 9. The summed E-state index contributed by atoms with van der Waals surface area (Å²) in [5.74, 6) is 0.676. The number of nitrogens with zero attached hydrogens (tertiary/aromatic N) is 3. The zero-order chi connectivity index (χ0) is 27.9. The first-order valence-corrected chi connectivity index (χ1v) is 14.1. The Morgan fingerprint density at radius 3 is 2.48 bits per heavy atom. The molecular weight excluding hydrogens is 567 g/mol. The number of hydrogen-bond donors (Lipinski definition) is 1. The average Bonchev–Trinajstić information content (AvgIpc) is 3.54. The Bertz CT molecular complexity index is 1560. The smallest absolute Gasteiger partial charge is 0.242 e. The Labute approximate surface area is 245 Å². The molecule has 4 aromatic rings. The molecular formula is C30H24Cl2N4O3S. The van der Waals surface area contributed by atoms with Crippen LogP contribution in [-0.2, 0) is 16.0 Å². The Morgan fingerprint density at radius 2 is 1.73 bits per heavy atom. The largest absolute Gasteiger partial charge is 0.455 e. The summed E-state index contributed by atoms with van der Waals surface area (Å²) in [7, 11) is 0. The van der Waals surface area contributed by atoms with Gasteiger partial charge in [0.2, 0.25) is 11.8 Å². The topological polar surface area (TPSA) is 87.3 Å². The van der Waals surface area contributed by atoms with Gasteiger partial charge in [-0.1, -0.05) is 83.5 Å². The van der Waals surface area contributed by atoms with E-state index >= 15 is 0 Å². The summed E-state index contributed by atoms with van der Waals surface area (Å²) in [6, 6.07) is 27.8. The van der Waals surface area contributed by atoms with Crippen molar-refractivity contribution in [3.8, 4) is 11.3 Å². The molecule has 0 aliphatic carbocycles. The number of thioether (sulfide) groups is 1. The van der Waals surface area contributed by atoms with Gasteiger partial charge in [-0.25, -0.2) is 0 Å². The minimum Gasteiger partial charge on any atom is -0.455 e. The van der Waals surface area contributed by atoms with Gasteiger partial charge in [-0.15, -0.1) is 5.10 Å². The van der Waals surface area contributed by atoms with Gasteiger partial charge in [-0.2, -0.15) is 5.10 Å². The lowest BCUT2D eigenvalue weighted by molar-refractivity contribution is -0.128. The molecule has 0 bridgehead atoms. The average molecular weight is 592 g/mol. The molecule has 40 heavy (non-hydrogen) atoms. The van der Waals surface area contributed by atoms with Gasteiger partial charge in [0.05, 0.1) is 16.3 Å². The van der Waals surface area contributed by atoms with Crippen LogP contribution >= 0.6 is 35.0 Å². The van der Waals surface area contributed by atoms with Crippen LogP contribution in [0.25, 0.3) is 11.3 Å². The van der Waals surface area contributed by atoms with Gasteiger partial charge < -0.3 is 9.73 Å². The molecule has 2 amide bonds. The van der Waals surface area contributed by atoms with E-state index in [0.29, 0.717) is 45.4 Å². The van der Waals surface area contributed by atoms with Crippen molar-refractivity contribution in [3.63, 3.8) is 0 Å². The van der Waals surface area contributed by atoms with Crippen molar-refractivity contribution in [2.24, 2.45) is 10.2 Å². The second-order valence-electron chi connectivity index (χ2n) is 8.91. The fourth-order valence-corrected chi connectivity index (χ4v) is 5.49. The summed E-state index contributed by atoms with van der Waals surface area (Å²) in [4.78, 5) is 27.6. The third-order valence-corrected chi connectivity index (χ3v) is 7.98. The van der Waals surface area contributed by atoms with Crippen LogP contribution in [0.15, 0.2) is 106 Å². The van der Waals surface area contributed by atoms with Crippen LogP contribution in [0.3, 0.4) is 0 Å². The van der Waals surface area contributed by atoms with Gasteiger partial charge in [0.15, 0.2) is 5.17 Å². The Morgan fingerprint density at radius 1 is 0.975 bits per heavy atom. The molecule has 1 saturated heterocycles. The van der Waals surface area contributed by atoms with E-state index in [9.17, 15) is 9.59 Å². The Kier molecular flexibility index (Phi) is 9.01. The highest BCUT2D eigenvalue weighted by molar-refractivity contribution is 8.15. The number of amidine groups is 1. The number of carbonyl (C=O) groups is 2. The van der Waals surface area contributed by atoms with E-state index < -0.39 is 5.25 Å². The van der Waals surface area contributed by atoms with E-state index in [1.807, 2.05) is 54.6 Å². The van der Waals surface area contributed by atoms with Crippen LogP contribution in [0, 0.1) is 0 Å². The summed E-state index contributed by atoms with van der Waals surface area (Å²) in [6.07, 6.45) is 2.14. The monoisotopic (exact) mass is 590 g/mol. The summed E-state index contributed by atoms with van der Waals surface area (Å²) >= 11 is 13.4. The zero-order valence-electron chi connectivity index (χ0n) is 21.2. The maximum absolute atomic E-state index is 13.3. The molecule has 1 aliphatic heterocycles. The molecule has 1 fully saturated rings. The van der Waals surface area contributed by atoms with Crippen LogP contribution < -0.4 is 5.32 Å². The molecule has 0 saturated carbocycles. The number of amides is 2. The molecule has 202 valence electrons. The second-order valence-corrected chi connectivity index (χ2v) is 10.9. The van der Waals surface area contributed by atoms with Crippen LogP contribution in [-0.4, -0.2) is 39.9 Å². The SMILES string of the molecule is O=C(CC1S/C(=N\N=C\c2ccc(-c3ccc(Cl)c(Cl)c3)o2)N(CCc2ccccc2)C1=O)Nc1ccccc1. The van der Waals surface area contributed by atoms with Crippen molar-refractivity contribution >= 4 is 63.8 Å². The van der Waals surface area contributed by atoms with Crippen molar-refractivity contribution in [3.05, 3.63) is 112 Å². The number of benzene rings is 3. The van der Waals surface area contributed by atoms with Crippen molar-refractivity contribution in [1.29, 1.82) is 0 Å². The van der Waals surface area contributed by atoms with Gasteiger partial charge in [0, 0.05) is 24.2 Å². The molecule has 3 aromatic carbocycles. The first-order chi connectivity index (χ1) is 19.5. The molecule has 10 heteroatoms.